The van der Waals surface area contributed by atoms with Crippen LogP contribution in [-0.2, 0) is 14.3 Å². The molecule has 1 aromatic heterocycles. The van der Waals surface area contributed by atoms with Gasteiger partial charge in [-0.05, 0) is 56.0 Å². The molecular weight excluding hydrogens is 434 g/mol. The molecular formula is C26H31N3O5. The van der Waals surface area contributed by atoms with E-state index in [1.807, 2.05) is 35.8 Å². The second-order valence-corrected chi connectivity index (χ2v) is 8.78. The standard InChI is InChI=1S/C26H31N3O5/c1-5-33-21-15-17(11-12-20(21)30)23-22(25(32)34-6-2)24(31)28(14-13-16(3)4)26-27-18-9-7-8-10-19(18)29(23)26/h7-12,15-16,22-23,30H,5-6,13-14H2,1-4H3/t22-,23-/m0/s1. The summed E-state index contributed by atoms with van der Waals surface area (Å²) < 4.78 is 12.9. The fourth-order valence-electron chi connectivity index (χ4n) is 4.43. The molecule has 0 saturated heterocycles. The van der Waals surface area contributed by atoms with Crippen LogP contribution in [0.1, 0.15) is 45.7 Å². The smallest absolute Gasteiger partial charge is 0.321 e. The summed E-state index contributed by atoms with van der Waals surface area (Å²) in [5.41, 5.74) is 2.20. The number of esters is 1. The van der Waals surface area contributed by atoms with Crippen LogP contribution >= 0.6 is 0 Å². The molecule has 180 valence electrons. The highest BCUT2D eigenvalue weighted by molar-refractivity contribution is 6.08. The van der Waals surface area contributed by atoms with Gasteiger partial charge in [-0.15, -0.1) is 0 Å². The lowest BCUT2D eigenvalue weighted by Gasteiger charge is -2.38. The van der Waals surface area contributed by atoms with Crippen molar-refractivity contribution in [1.29, 1.82) is 0 Å². The highest BCUT2D eigenvalue weighted by Crippen LogP contribution is 2.43. The molecule has 0 fully saturated rings. The Morgan fingerprint density at radius 2 is 1.91 bits per heavy atom. The summed E-state index contributed by atoms with van der Waals surface area (Å²) in [4.78, 5) is 33.5. The Kier molecular flexibility index (Phi) is 6.77. The Balaban J connectivity index is 1.96. The van der Waals surface area contributed by atoms with Crippen molar-refractivity contribution in [3.63, 3.8) is 0 Å². The Morgan fingerprint density at radius 3 is 2.62 bits per heavy atom. The first-order valence-corrected chi connectivity index (χ1v) is 11.8. The number of carbonyl (C=O) groups excluding carboxylic acids is 2. The van der Waals surface area contributed by atoms with Crippen LogP contribution in [0, 0.1) is 11.8 Å². The number of hydrogen-bond acceptors (Lipinski definition) is 6. The zero-order valence-electron chi connectivity index (χ0n) is 20.0. The zero-order chi connectivity index (χ0) is 24.4. The molecule has 0 aliphatic carbocycles. The number of hydrogen-bond donors (Lipinski definition) is 1. The molecule has 1 aliphatic rings. The Labute approximate surface area is 199 Å². The van der Waals surface area contributed by atoms with Gasteiger partial charge in [-0.3, -0.25) is 14.5 Å². The molecule has 3 aromatic rings. The Bertz CT molecular complexity index is 1200. The highest BCUT2D eigenvalue weighted by Gasteiger charge is 2.47. The second-order valence-electron chi connectivity index (χ2n) is 8.78. The number of aromatic nitrogens is 2. The molecule has 4 rings (SSSR count). The minimum absolute atomic E-state index is 0.00491. The fourth-order valence-corrected chi connectivity index (χ4v) is 4.43. The van der Waals surface area contributed by atoms with E-state index in [0.29, 0.717) is 36.3 Å². The number of rotatable bonds is 8. The lowest BCUT2D eigenvalue weighted by molar-refractivity contribution is -0.153. The summed E-state index contributed by atoms with van der Waals surface area (Å²) >= 11 is 0. The van der Waals surface area contributed by atoms with Crippen LogP contribution < -0.4 is 9.64 Å². The predicted octanol–water partition coefficient (Wildman–Crippen LogP) is 4.30. The van der Waals surface area contributed by atoms with E-state index in [1.54, 1.807) is 24.0 Å². The highest BCUT2D eigenvalue weighted by atomic mass is 16.5. The van der Waals surface area contributed by atoms with E-state index in [0.717, 1.165) is 17.5 Å². The molecule has 34 heavy (non-hydrogen) atoms. The number of phenols is 1. The lowest BCUT2D eigenvalue weighted by atomic mass is 9.89. The molecule has 0 radical (unpaired) electrons. The van der Waals surface area contributed by atoms with Crippen molar-refractivity contribution >= 4 is 28.9 Å². The summed E-state index contributed by atoms with van der Waals surface area (Å²) in [7, 11) is 0. The van der Waals surface area contributed by atoms with Gasteiger partial charge >= 0.3 is 5.97 Å². The van der Waals surface area contributed by atoms with Gasteiger partial charge in [-0.2, -0.15) is 0 Å². The monoisotopic (exact) mass is 465 g/mol. The third kappa shape index (κ3) is 4.20. The van der Waals surface area contributed by atoms with Crippen LogP contribution in [0.3, 0.4) is 0 Å². The van der Waals surface area contributed by atoms with Gasteiger partial charge in [0.2, 0.25) is 11.9 Å². The zero-order valence-corrected chi connectivity index (χ0v) is 20.0. The number of para-hydroxylation sites is 2. The lowest BCUT2D eigenvalue weighted by Crippen LogP contribution is -2.50. The van der Waals surface area contributed by atoms with Crippen molar-refractivity contribution in [2.75, 3.05) is 24.7 Å². The molecule has 2 aromatic carbocycles. The van der Waals surface area contributed by atoms with Gasteiger partial charge in [0.1, 0.15) is 0 Å². The molecule has 0 bridgehead atoms. The maximum atomic E-state index is 13.8. The number of benzene rings is 2. The van der Waals surface area contributed by atoms with Gasteiger partial charge in [0.25, 0.3) is 0 Å². The van der Waals surface area contributed by atoms with Gasteiger partial charge in [-0.25, -0.2) is 4.98 Å². The van der Waals surface area contributed by atoms with Crippen LogP contribution in [0.5, 0.6) is 11.5 Å². The molecule has 1 amide bonds. The molecule has 0 saturated carbocycles. The molecule has 0 spiro atoms. The topological polar surface area (TPSA) is 93.9 Å². The van der Waals surface area contributed by atoms with E-state index in [1.165, 1.54) is 6.07 Å². The first kappa shape index (κ1) is 23.6. The summed E-state index contributed by atoms with van der Waals surface area (Å²) in [5, 5.41) is 10.3. The van der Waals surface area contributed by atoms with Gasteiger partial charge < -0.3 is 19.1 Å². The van der Waals surface area contributed by atoms with Crippen molar-refractivity contribution in [3.05, 3.63) is 48.0 Å². The average Bonchev–Trinajstić information content (AvgIpc) is 3.18. The summed E-state index contributed by atoms with van der Waals surface area (Å²) in [6.45, 7) is 8.71. The van der Waals surface area contributed by atoms with Crippen molar-refractivity contribution in [2.24, 2.45) is 11.8 Å². The molecule has 8 heteroatoms. The van der Waals surface area contributed by atoms with Crippen LogP contribution in [0.2, 0.25) is 0 Å². The Hall–Kier alpha value is -3.55. The van der Waals surface area contributed by atoms with Crippen molar-refractivity contribution < 1.29 is 24.2 Å². The number of carbonyl (C=O) groups is 2. The average molecular weight is 466 g/mol. The van der Waals surface area contributed by atoms with E-state index in [2.05, 4.69) is 13.8 Å². The van der Waals surface area contributed by atoms with E-state index < -0.39 is 17.9 Å². The second kappa shape index (κ2) is 9.75. The molecule has 1 aliphatic heterocycles. The number of phenolic OH excluding ortho intramolecular Hbond substituents is 1. The van der Waals surface area contributed by atoms with Gasteiger partial charge in [-0.1, -0.05) is 32.0 Å². The third-order valence-corrected chi connectivity index (χ3v) is 6.04. The van der Waals surface area contributed by atoms with E-state index in [9.17, 15) is 14.7 Å². The number of ether oxygens (including phenoxy) is 2. The third-order valence-electron chi connectivity index (χ3n) is 6.04. The number of imidazole rings is 1. The minimum Gasteiger partial charge on any atom is -0.504 e. The van der Waals surface area contributed by atoms with Crippen LogP contribution in [0.25, 0.3) is 11.0 Å². The fraction of sp³-hybridized carbons (Fsp3) is 0.423. The number of amides is 1. The van der Waals surface area contributed by atoms with E-state index in [-0.39, 0.29) is 18.3 Å². The van der Waals surface area contributed by atoms with Crippen molar-refractivity contribution in [3.8, 4) is 11.5 Å². The summed E-state index contributed by atoms with van der Waals surface area (Å²) in [6.07, 6.45) is 0.767. The molecule has 2 heterocycles. The normalized spacial score (nSPS) is 17.8. The molecule has 8 nitrogen and oxygen atoms in total. The maximum absolute atomic E-state index is 13.8. The van der Waals surface area contributed by atoms with Gasteiger partial charge in [0, 0.05) is 6.54 Å². The SMILES string of the molecule is CCOC(=O)[C@@H]1C(=O)N(CCC(C)C)c2nc3ccccc3n2[C@H]1c1ccc(O)c(OCC)c1. The van der Waals surface area contributed by atoms with Gasteiger partial charge in [0.05, 0.1) is 30.3 Å². The number of anilines is 1. The van der Waals surface area contributed by atoms with Crippen LogP contribution in [0.15, 0.2) is 42.5 Å². The molecule has 2 atom stereocenters. The number of aromatic hydroxyl groups is 1. The quantitative estimate of drug-likeness (QED) is 0.394. The van der Waals surface area contributed by atoms with E-state index >= 15 is 0 Å². The minimum atomic E-state index is -1.10. The van der Waals surface area contributed by atoms with Gasteiger partial charge in [0.15, 0.2) is 17.4 Å². The first-order valence-electron chi connectivity index (χ1n) is 11.8. The van der Waals surface area contributed by atoms with Crippen LogP contribution in [-0.4, -0.2) is 46.3 Å². The first-order chi connectivity index (χ1) is 16.4. The van der Waals surface area contributed by atoms with Crippen LogP contribution in [0.4, 0.5) is 5.95 Å². The molecule has 1 N–H and O–H groups in total. The number of fused-ring (bicyclic) bond motifs is 3. The summed E-state index contributed by atoms with van der Waals surface area (Å²) in [6, 6.07) is 11.8. The maximum Gasteiger partial charge on any atom is 0.321 e. The van der Waals surface area contributed by atoms with Crippen molar-refractivity contribution in [2.45, 2.75) is 40.2 Å². The summed E-state index contributed by atoms with van der Waals surface area (Å²) in [5.74, 6) is -0.854. The molecule has 0 unspecified atom stereocenters. The Morgan fingerprint density at radius 1 is 1.15 bits per heavy atom. The van der Waals surface area contributed by atoms with E-state index in [4.69, 9.17) is 14.5 Å². The number of nitrogens with zero attached hydrogens (tertiary/aromatic N) is 3. The van der Waals surface area contributed by atoms with Crippen molar-refractivity contribution in [1.82, 2.24) is 9.55 Å². The largest absolute Gasteiger partial charge is 0.504 e. The predicted molar refractivity (Wildman–Crippen MR) is 129 cm³/mol.